The number of aromatic amines is 1. The van der Waals surface area contributed by atoms with E-state index in [0.717, 1.165) is 30.3 Å². The Morgan fingerprint density at radius 2 is 2.31 bits per heavy atom. The summed E-state index contributed by atoms with van der Waals surface area (Å²) >= 11 is 6.08. The smallest absolute Gasteiger partial charge is 0.168 e. The van der Waals surface area contributed by atoms with Crippen LogP contribution in [0.1, 0.15) is 29.6 Å². The molecule has 0 aromatic carbocycles. The molecule has 0 aliphatic heterocycles. The largest absolute Gasteiger partial charge is 0.346 e. The average Bonchev–Trinajstić information content (AvgIpc) is 2.62. The van der Waals surface area contributed by atoms with Crippen molar-refractivity contribution in [2.24, 2.45) is 5.92 Å². The Labute approximate surface area is 97.8 Å². The fraction of sp³-hybridized carbons (Fsp3) is 0.333. The highest BCUT2D eigenvalue weighted by Gasteiger charge is 2.29. The highest BCUT2D eigenvalue weighted by molar-refractivity contribution is 6.35. The van der Waals surface area contributed by atoms with Crippen molar-refractivity contribution in [3.8, 4) is 0 Å². The second kappa shape index (κ2) is 3.59. The minimum absolute atomic E-state index is 0.165. The molecule has 0 spiro atoms. The molecule has 0 bridgehead atoms. The van der Waals surface area contributed by atoms with Crippen LogP contribution in [0.25, 0.3) is 11.0 Å². The van der Waals surface area contributed by atoms with Crippen LogP contribution < -0.4 is 0 Å². The molecule has 2 aromatic rings. The molecular formula is C12H11ClN2O. The minimum atomic E-state index is 0.165. The molecule has 0 saturated heterocycles. The third-order valence-corrected chi connectivity index (χ3v) is 3.55. The van der Waals surface area contributed by atoms with Crippen LogP contribution in [0, 0.1) is 5.92 Å². The zero-order chi connectivity index (χ0) is 11.1. The van der Waals surface area contributed by atoms with Gasteiger partial charge in [-0.25, -0.2) is 4.98 Å². The third kappa shape index (κ3) is 1.35. The van der Waals surface area contributed by atoms with Crippen molar-refractivity contribution >= 4 is 28.4 Å². The van der Waals surface area contributed by atoms with Gasteiger partial charge in [0.05, 0.1) is 5.02 Å². The van der Waals surface area contributed by atoms with E-state index in [1.54, 1.807) is 12.4 Å². The van der Waals surface area contributed by atoms with E-state index in [2.05, 4.69) is 9.97 Å². The van der Waals surface area contributed by atoms with Gasteiger partial charge < -0.3 is 4.98 Å². The maximum Gasteiger partial charge on any atom is 0.168 e. The number of rotatable bonds is 2. The molecule has 0 atom stereocenters. The van der Waals surface area contributed by atoms with Crippen molar-refractivity contribution in [3.05, 3.63) is 29.0 Å². The molecule has 2 aromatic heterocycles. The number of fused-ring (bicyclic) bond motifs is 1. The average molecular weight is 235 g/mol. The van der Waals surface area contributed by atoms with Crippen molar-refractivity contribution < 1.29 is 4.79 Å². The Bertz CT molecular complexity index is 557. The maximum absolute atomic E-state index is 12.2. The molecule has 1 aliphatic rings. The predicted octanol–water partition coefficient (Wildman–Crippen LogP) is 3.20. The number of pyridine rings is 1. The molecule has 0 radical (unpaired) electrons. The van der Waals surface area contributed by atoms with Gasteiger partial charge in [-0.1, -0.05) is 18.0 Å². The number of aromatic nitrogens is 2. The molecule has 1 fully saturated rings. The van der Waals surface area contributed by atoms with Gasteiger partial charge >= 0.3 is 0 Å². The molecule has 4 heteroatoms. The normalized spacial score (nSPS) is 16.3. The number of nitrogens with one attached hydrogen (secondary N) is 1. The SMILES string of the molecule is O=C(c1c(Cl)cnc2[nH]ccc12)C1CCC1. The summed E-state index contributed by atoms with van der Waals surface area (Å²) in [6.45, 7) is 0. The van der Waals surface area contributed by atoms with E-state index in [-0.39, 0.29) is 11.7 Å². The van der Waals surface area contributed by atoms with Crippen LogP contribution in [-0.2, 0) is 0 Å². The molecule has 1 aliphatic carbocycles. The second-order valence-corrected chi connectivity index (χ2v) is 4.62. The number of halogens is 1. The lowest BCUT2D eigenvalue weighted by molar-refractivity contribution is 0.0857. The predicted molar refractivity (Wildman–Crippen MR) is 62.8 cm³/mol. The maximum atomic E-state index is 12.2. The minimum Gasteiger partial charge on any atom is -0.346 e. The molecule has 0 amide bonds. The summed E-state index contributed by atoms with van der Waals surface area (Å²) in [4.78, 5) is 19.4. The quantitative estimate of drug-likeness (QED) is 0.811. The third-order valence-electron chi connectivity index (χ3n) is 3.26. The number of carbonyl (C=O) groups excluding carboxylic acids is 1. The zero-order valence-corrected chi connectivity index (χ0v) is 9.42. The van der Waals surface area contributed by atoms with Crippen molar-refractivity contribution in [1.29, 1.82) is 0 Å². The van der Waals surface area contributed by atoms with E-state index in [1.807, 2.05) is 6.07 Å². The number of carbonyl (C=O) groups is 1. The lowest BCUT2D eigenvalue weighted by Gasteiger charge is -2.24. The topological polar surface area (TPSA) is 45.8 Å². The summed E-state index contributed by atoms with van der Waals surface area (Å²) in [5, 5.41) is 1.30. The summed E-state index contributed by atoms with van der Waals surface area (Å²) in [6, 6.07) is 1.86. The molecular weight excluding hydrogens is 224 g/mol. The van der Waals surface area contributed by atoms with E-state index in [9.17, 15) is 4.79 Å². The van der Waals surface area contributed by atoms with Gasteiger partial charge in [0.1, 0.15) is 5.65 Å². The number of H-pyrrole nitrogens is 1. The zero-order valence-electron chi connectivity index (χ0n) is 8.66. The Morgan fingerprint density at radius 3 is 3.00 bits per heavy atom. The van der Waals surface area contributed by atoms with Crippen LogP contribution in [0.4, 0.5) is 0 Å². The van der Waals surface area contributed by atoms with Crippen LogP contribution in [-0.4, -0.2) is 15.8 Å². The van der Waals surface area contributed by atoms with Gasteiger partial charge in [-0.15, -0.1) is 0 Å². The first kappa shape index (κ1) is 9.85. The van der Waals surface area contributed by atoms with Gasteiger partial charge in [0.2, 0.25) is 0 Å². The lowest BCUT2D eigenvalue weighted by Crippen LogP contribution is -2.22. The summed E-state index contributed by atoms with van der Waals surface area (Å²) in [7, 11) is 0. The highest BCUT2D eigenvalue weighted by Crippen LogP contribution is 2.34. The molecule has 2 heterocycles. The molecule has 82 valence electrons. The van der Waals surface area contributed by atoms with Gasteiger partial charge in [0.25, 0.3) is 0 Å². The Hall–Kier alpha value is -1.35. The molecule has 1 N–H and O–H groups in total. The molecule has 16 heavy (non-hydrogen) atoms. The van der Waals surface area contributed by atoms with Gasteiger partial charge in [0.15, 0.2) is 5.78 Å². The Morgan fingerprint density at radius 1 is 1.50 bits per heavy atom. The summed E-state index contributed by atoms with van der Waals surface area (Å²) < 4.78 is 0. The standard InChI is InChI=1S/C12H11ClN2O/c13-9-6-15-12-8(4-5-14-12)10(9)11(16)7-2-1-3-7/h4-7H,1-3H2,(H,14,15). The first-order valence-electron chi connectivity index (χ1n) is 5.43. The Balaban J connectivity index is 2.16. The van der Waals surface area contributed by atoms with E-state index < -0.39 is 0 Å². The highest BCUT2D eigenvalue weighted by atomic mass is 35.5. The number of hydrogen-bond acceptors (Lipinski definition) is 2. The van der Waals surface area contributed by atoms with E-state index in [0.29, 0.717) is 10.6 Å². The Kier molecular flexibility index (Phi) is 2.21. The molecule has 1 saturated carbocycles. The van der Waals surface area contributed by atoms with Gasteiger partial charge in [-0.05, 0) is 18.9 Å². The van der Waals surface area contributed by atoms with Crippen LogP contribution in [0.3, 0.4) is 0 Å². The number of Topliss-reactive ketones (excluding diaryl/α,β-unsaturated/α-hetero) is 1. The number of nitrogens with zero attached hydrogens (tertiary/aromatic N) is 1. The fourth-order valence-corrected chi connectivity index (χ4v) is 2.35. The van der Waals surface area contributed by atoms with Crippen LogP contribution in [0.5, 0.6) is 0 Å². The van der Waals surface area contributed by atoms with E-state index in [1.165, 1.54) is 0 Å². The van der Waals surface area contributed by atoms with Gasteiger partial charge in [-0.2, -0.15) is 0 Å². The van der Waals surface area contributed by atoms with Crippen LogP contribution in [0.15, 0.2) is 18.5 Å². The summed E-state index contributed by atoms with van der Waals surface area (Å²) in [5.41, 5.74) is 1.37. The second-order valence-electron chi connectivity index (χ2n) is 4.21. The van der Waals surface area contributed by atoms with Crippen LogP contribution >= 0.6 is 11.6 Å². The molecule has 0 unspecified atom stereocenters. The fourth-order valence-electron chi connectivity index (χ4n) is 2.11. The van der Waals surface area contributed by atoms with E-state index in [4.69, 9.17) is 11.6 Å². The van der Waals surface area contributed by atoms with Crippen molar-refractivity contribution in [2.45, 2.75) is 19.3 Å². The number of ketones is 1. The van der Waals surface area contributed by atoms with Gasteiger partial charge in [0, 0.05) is 29.3 Å². The van der Waals surface area contributed by atoms with Crippen molar-refractivity contribution in [3.63, 3.8) is 0 Å². The van der Waals surface area contributed by atoms with Crippen LogP contribution in [0.2, 0.25) is 5.02 Å². The first-order chi connectivity index (χ1) is 7.77. The van der Waals surface area contributed by atoms with Crippen molar-refractivity contribution in [1.82, 2.24) is 9.97 Å². The number of hydrogen-bond donors (Lipinski definition) is 1. The summed E-state index contributed by atoms with van der Waals surface area (Å²) in [5.74, 6) is 0.334. The van der Waals surface area contributed by atoms with Crippen molar-refractivity contribution in [2.75, 3.05) is 0 Å². The monoisotopic (exact) mass is 234 g/mol. The van der Waals surface area contributed by atoms with E-state index >= 15 is 0 Å². The lowest BCUT2D eigenvalue weighted by atomic mass is 9.79. The first-order valence-corrected chi connectivity index (χ1v) is 5.81. The molecule has 3 rings (SSSR count). The molecule has 3 nitrogen and oxygen atoms in total. The summed E-state index contributed by atoms with van der Waals surface area (Å²) in [6.07, 6.45) is 6.46. The van der Waals surface area contributed by atoms with Gasteiger partial charge in [-0.3, -0.25) is 4.79 Å².